The minimum Gasteiger partial charge on any atom is -0.355 e. The fraction of sp³-hybridized carbons (Fsp3) is 0.778. The fourth-order valence-electron chi connectivity index (χ4n) is 2.22. The molecule has 210 valence electrons. The number of carbonyl (C=O) groups excluding carboxylic acids is 6. The second-order valence-corrected chi connectivity index (χ2v) is 10.7. The first-order chi connectivity index (χ1) is 16.3. The van der Waals surface area contributed by atoms with E-state index in [4.69, 9.17) is 0 Å². The predicted octanol–water partition coefficient (Wildman–Crippen LogP) is 3.48. The maximum Gasteiger partial charge on any atom is 0.229 e. The molecule has 1 unspecified atom stereocenters. The van der Waals surface area contributed by atoms with Crippen LogP contribution in [-0.4, -0.2) is 66.2 Å². The summed E-state index contributed by atoms with van der Waals surface area (Å²) in [6.07, 6.45) is 2.10. The van der Waals surface area contributed by atoms with E-state index < -0.39 is 0 Å². The Labute approximate surface area is 218 Å². The third-order valence-corrected chi connectivity index (χ3v) is 4.70. The molecule has 36 heavy (non-hydrogen) atoms. The van der Waals surface area contributed by atoms with Crippen LogP contribution in [0.5, 0.6) is 0 Å². The number of amides is 3. The number of hydrogen-bond donors (Lipinski definition) is 2. The van der Waals surface area contributed by atoms with Crippen LogP contribution in [0.15, 0.2) is 0 Å². The van der Waals surface area contributed by atoms with Gasteiger partial charge in [-0.25, -0.2) is 0 Å². The average molecular weight is 514 g/mol. The van der Waals surface area contributed by atoms with E-state index in [0.717, 1.165) is 19.4 Å². The van der Waals surface area contributed by atoms with Crippen molar-refractivity contribution in [3.05, 3.63) is 0 Å². The van der Waals surface area contributed by atoms with Gasteiger partial charge in [0.1, 0.15) is 17.3 Å². The molecule has 0 aromatic carbocycles. The monoisotopic (exact) mass is 513 g/mol. The first kappa shape index (κ1) is 38.0. The second kappa shape index (κ2) is 20.6. The number of rotatable bonds is 12. The van der Waals surface area contributed by atoms with Gasteiger partial charge in [-0.05, 0) is 45.4 Å². The molecule has 2 N–H and O–H groups in total. The Kier molecular flexibility index (Phi) is 21.7. The summed E-state index contributed by atoms with van der Waals surface area (Å²) in [6, 6.07) is 0.136. The van der Waals surface area contributed by atoms with Crippen LogP contribution in [0, 0.1) is 11.3 Å². The van der Waals surface area contributed by atoms with Gasteiger partial charge in [-0.1, -0.05) is 48.0 Å². The van der Waals surface area contributed by atoms with Crippen molar-refractivity contribution in [1.29, 1.82) is 0 Å². The Morgan fingerprint density at radius 2 is 1.22 bits per heavy atom. The molecule has 9 nitrogen and oxygen atoms in total. The van der Waals surface area contributed by atoms with Crippen molar-refractivity contribution in [2.24, 2.45) is 11.3 Å². The predicted molar refractivity (Wildman–Crippen MR) is 143 cm³/mol. The number of Topliss-reactive ketones (excluding diaryl/α,β-unsaturated/α-hetero) is 3. The van der Waals surface area contributed by atoms with Gasteiger partial charge in [-0.2, -0.15) is 0 Å². The smallest absolute Gasteiger partial charge is 0.229 e. The van der Waals surface area contributed by atoms with Crippen molar-refractivity contribution in [1.82, 2.24) is 15.5 Å². The van der Waals surface area contributed by atoms with Gasteiger partial charge in [-0.3, -0.25) is 28.8 Å². The molecule has 0 radical (unpaired) electrons. The number of carbonyl (C=O) groups is 6. The van der Waals surface area contributed by atoms with Gasteiger partial charge in [0.05, 0.1) is 19.3 Å². The van der Waals surface area contributed by atoms with Crippen LogP contribution in [-0.2, 0) is 28.8 Å². The standard InChI is InChI=1S/3C9H17NO2/c1-7(11)5-8(12)10-6-9(2,3)4;1-6(2)8(4)10-9(12)5-7(3)11;1-4-5-6-10(3)9(12)7-8(2)11/h5-6H2,1-4H3,(H,10,12);6,8H,5H2,1-4H3,(H,10,12);4-7H2,1-3H3. The van der Waals surface area contributed by atoms with Crippen LogP contribution in [0.2, 0.25) is 0 Å². The number of nitrogens with zero attached hydrogens (tertiary/aromatic N) is 1. The lowest BCUT2D eigenvalue weighted by Gasteiger charge is -2.18. The molecule has 0 bridgehead atoms. The van der Waals surface area contributed by atoms with Gasteiger partial charge < -0.3 is 15.5 Å². The molecular weight excluding hydrogens is 462 g/mol. The molecule has 0 aliphatic carbocycles. The van der Waals surface area contributed by atoms with Crippen LogP contribution in [0.1, 0.15) is 101 Å². The number of hydrogen-bond acceptors (Lipinski definition) is 6. The van der Waals surface area contributed by atoms with Gasteiger partial charge in [0.15, 0.2) is 0 Å². The molecule has 0 saturated heterocycles. The lowest BCUT2D eigenvalue weighted by Crippen LogP contribution is -2.36. The Morgan fingerprint density at radius 3 is 1.58 bits per heavy atom. The highest BCUT2D eigenvalue weighted by Crippen LogP contribution is 2.10. The zero-order chi connectivity index (χ0) is 29.1. The van der Waals surface area contributed by atoms with Crippen molar-refractivity contribution in [2.75, 3.05) is 20.1 Å². The van der Waals surface area contributed by atoms with Gasteiger partial charge in [0.25, 0.3) is 0 Å². The summed E-state index contributed by atoms with van der Waals surface area (Å²) in [5, 5.41) is 5.45. The fourth-order valence-corrected chi connectivity index (χ4v) is 2.22. The van der Waals surface area contributed by atoms with Crippen LogP contribution >= 0.6 is 0 Å². The second-order valence-electron chi connectivity index (χ2n) is 10.7. The van der Waals surface area contributed by atoms with Crippen molar-refractivity contribution in [3.8, 4) is 0 Å². The summed E-state index contributed by atoms with van der Waals surface area (Å²) in [5.74, 6) is -0.286. The average Bonchev–Trinajstić information content (AvgIpc) is 2.69. The maximum absolute atomic E-state index is 11.2. The quantitative estimate of drug-likeness (QED) is 0.384. The van der Waals surface area contributed by atoms with Gasteiger partial charge in [0.2, 0.25) is 17.7 Å². The zero-order valence-electron chi connectivity index (χ0n) is 24.5. The molecule has 0 rings (SSSR count). The van der Waals surface area contributed by atoms with E-state index in [-0.39, 0.29) is 65.8 Å². The van der Waals surface area contributed by atoms with E-state index in [1.54, 1.807) is 11.9 Å². The summed E-state index contributed by atoms with van der Waals surface area (Å²) in [6.45, 7) is 19.8. The van der Waals surface area contributed by atoms with E-state index in [0.29, 0.717) is 12.5 Å². The van der Waals surface area contributed by atoms with E-state index >= 15 is 0 Å². The molecule has 0 aromatic heterocycles. The number of nitrogens with one attached hydrogen (secondary N) is 2. The maximum atomic E-state index is 11.2. The van der Waals surface area contributed by atoms with Crippen LogP contribution in [0.3, 0.4) is 0 Å². The Morgan fingerprint density at radius 1 is 0.778 bits per heavy atom. The molecule has 3 amide bonds. The Bertz CT molecular complexity index is 711. The molecule has 0 aromatic rings. The van der Waals surface area contributed by atoms with Crippen molar-refractivity contribution >= 4 is 35.1 Å². The zero-order valence-corrected chi connectivity index (χ0v) is 24.5. The highest BCUT2D eigenvalue weighted by atomic mass is 16.2. The summed E-state index contributed by atoms with van der Waals surface area (Å²) in [4.78, 5) is 66.4. The highest BCUT2D eigenvalue weighted by Gasteiger charge is 2.13. The van der Waals surface area contributed by atoms with Gasteiger partial charge in [-0.15, -0.1) is 0 Å². The molecule has 0 saturated carbocycles. The normalized spacial score (nSPS) is 11.1. The molecule has 0 fully saturated rings. The van der Waals surface area contributed by atoms with E-state index in [9.17, 15) is 28.8 Å². The number of ketones is 3. The van der Waals surface area contributed by atoms with E-state index in [1.165, 1.54) is 20.8 Å². The van der Waals surface area contributed by atoms with Gasteiger partial charge >= 0.3 is 0 Å². The molecule has 0 aliphatic heterocycles. The molecule has 1 atom stereocenters. The number of unbranched alkanes of at least 4 members (excludes halogenated alkanes) is 1. The van der Waals surface area contributed by atoms with Crippen molar-refractivity contribution in [3.63, 3.8) is 0 Å². The lowest BCUT2D eigenvalue weighted by molar-refractivity contribution is -0.134. The van der Waals surface area contributed by atoms with Crippen molar-refractivity contribution < 1.29 is 28.8 Å². The highest BCUT2D eigenvalue weighted by molar-refractivity contribution is 5.97. The molecule has 9 heteroatoms. The van der Waals surface area contributed by atoms with E-state index in [2.05, 4.69) is 17.6 Å². The largest absolute Gasteiger partial charge is 0.355 e. The molecule has 0 spiro atoms. The van der Waals surface area contributed by atoms with E-state index in [1.807, 2.05) is 41.5 Å². The Hall–Kier alpha value is -2.58. The molecule has 0 aliphatic rings. The summed E-state index contributed by atoms with van der Waals surface area (Å²) in [5.41, 5.74) is 0.0758. The SMILES string of the molecule is CC(=O)CC(=O)NC(C)C(C)C.CC(=O)CC(=O)NCC(C)(C)C.CCCCN(C)C(=O)CC(C)=O. The summed E-state index contributed by atoms with van der Waals surface area (Å²) < 4.78 is 0. The van der Waals surface area contributed by atoms with Crippen LogP contribution in [0.25, 0.3) is 0 Å². The van der Waals surface area contributed by atoms with Crippen LogP contribution < -0.4 is 10.6 Å². The Balaban J connectivity index is -0.000000454. The first-order valence-electron chi connectivity index (χ1n) is 12.6. The molecule has 0 heterocycles. The minimum absolute atomic E-state index is 0.00292. The summed E-state index contributed by atoms with van der Waals surface area (Å²) >= 11 is 0. The van der Waals surface area contributed by atoms with Crippen LogP contribution in [0.4, 0.5) is 0 Å². The molecular formula is C27H51N3O6. The summed E-state index contributed by atoms with van der Waals surface area (Å²) in [7, 11) is 1.74. The topological polar surface area (TPSA) is 130 Å². The minimum atomic E-state index is -0.183. The first-order valence-corrected chi connectivity index (χ1v) is 12.6. The third kappa shape index (κ3) is 29.5. The van der Waals surface area contributed by atoms with Gasteiger partial charge in [0, 0.05) is 26.2 Å². The lowest BCUT2D eigenvalue weighted by atomic mass is 9.97. The van der Waals surface area contributed by atoms with Crippen molar-refractivity contribution in [2.45, 2.75) is 107 Å². The third-order valence-electron chi connectivity index (χ3n) is 4.70.